The SMILES string of the molecule is CCCCCCCCNCCNC1C2CC3CC(C2)CC1C3.Cl.Cl. The van der Waals surface area contributed by atoms with Crippen LogP contribution in [0.4, 0.5) is 0 Å². The van der Waals surface area contributed by atoms with Crippen molar-refractivity contribution in [3.63, 3.8) is 0 Å². The van der Waals surface area contributed by atoms with E-state index in [1.165, 1.54) is 77.3 Å². The quantitative estimate of drug-likeness (QED) is 0.483. The smallest absolute Gasteiger partial charge is 0.0124 e. The maximum atomic E-state index is 3.92. The fourth-order valence-corrected chi connectivity index (χ4v) is 5.74. The number of hydrogen-bond acceptors (Lipinski definition) is 2. The third kappa shape index (κ3) is 6.34. The minimum Gasteiger partial charge on any atom is -0.315 e. The van der Waals surface area contributed by atoms with Gasteiger partial charge < -0.3 is 10.6 Å². The summed E-state index contributed by atoms with van der Waals surface area (Å²) in [5.41, 5.74) is 0. The molecular formula is C20H40Cl2N2. The first-order valence-electron chi connectivity index (χ1n) is 10.3. The molecule has 0 atom stereocenters. The standard InChI is InChI=1S/C20H38N2.2ClH/c1-2-3-4-5-6-7-8-21-9-10-22-20-18-12-16-11-17(14-18)15-19(20)13-16;;/h16-22H,2-15H2,1H3;2*1H. The Kier molecular flexibility index (Phi) is 11.3. The Bertz CT molecular complexity index is 297. The van der Waals surface area contributed by atoms with Gasteiger partial charge in [-0.2, -0.15) is 0 Å². The lowest BCUT2D eigenvalue weighted by Crippen LogP contribution is -2.55. The van der Waals surface area contributed by atoms with Crippen LogP contribution >= 0.6 is 24.8 Å². The van der Waals surface area contributed by atoms with Gasteiger partial charge in [-0.25, -0.2) is 0 Å². The summed E-state index contributed by atoms with van der Waals surface area (Å²) in [5.74, 6) is 4.25. The molecule has 4 aliphatic rings. The summed E-state index contributed by atoms with van der Waals surface area (Å²) in [6.07, 6.45) is 16.1. The van der Waals surface area contributed by atoms with Crippen molar-refractivity contribution in [2.45, 2.75) is 83.6 Å². The summed E-state index contributed by atoms with van der Waals surface area (Å²) in [6.45, 7) is 5.86. The molecule has 4 saturated carbocycles. The van der Waals surface area contributed by atoms with Crippen molar-refractivity contribution in [1.29, 1.82) is 0 Å². The van der Waals surface area contributed by atoms with Gasteiger partial charge in [0.15, 0.2) is 0 Å². The summed E-state index contributed by atoms with van der Waals surface area (Å²) >= 11 is 0. The summed E-state index contributed by atoms with van der Waals surface area (Å²) in [4.78, 5) is 0. The van der Waals surface area contributed by atoms with E-state index in [4.69, 9.17) is 0 Å². The van der Waals surface area contributed by atoms with Crippen LogP contribution in [0.1, 0.15) is 77.6 Å². The first-order valence-corrected chi connectivity index (χ1v) is 10.3. The van der Waals surface area contributed by atoms with Crippen LogP contribution in [-0.2, 0) is 0 Å². The van der Waals surface area contributed by atoms with E-state index in [-0.39, 0.29) is 24.8 Å². The van der Waals surface area contributed by atoms with Crippen molar-refractivity contribution in [3.05, 3.63) is 0 Å². The highest BCUT2D eigenvalue weighted by atomic mass is 35.5. The minimum atomic E-state index is 0. The highest BCUT2D eigenvalue weighted by molar-refractivity contribution is 5.85. The minimum absolute atomic E-state index is 0. The molecular weight excluding hydrogens is 339 g/mol. The highest BCUT2D eigenvalue weighted by Gasteiger charge is 2.47. The lowest BCUT2D eigenvalue weighted by atomic mass is 9.54. The monoisotopic (exact) mass is 378 g/mol. The summed E-state index contributed by atoms with van der Waals surface area (Å²) < 4.78 is 0. The Hall–Kier alpha value is 0.500. The second-order valence-corrected chi connectivity index (χ2v) is 8.43. The van der Waals surface area contributed by atoms with Crippen LogP contribution in [0.2, 0.25) is 0 Å². The van der Waals surface area contributed by atoms with E-state index >= 15 is 0 Å². The lowest BCUT2D eigenvalue weighted by Gasteiger charge is -2.54. The first kappa shape index (κ1) is 22.5. The Morgan fingerprint density at radius 2 is 1.25 bits per heavy atom. The number of hydrogen-bond donors (Lipinski definition) is 2. The molecule has 4 bridgehead atoms. The van der Waals surface area contributed by atoms with Gasteiger partial charge in [-0.15, -0.1) is 24.8 Å². The van der Waals surface area contributed by atoms with Crippen LogP contribution in [0.3, 0.4) is 0 Å². The van der Waals surface area contributed by atoms with E-state index in [2.05, 4.69) is 17.6 Å². The van der Waals surface area contributed by atoms with Crippen LogP contribution in [0.25, 0.3) is 0 Å². The van der Waals surface area contributed by atoms with Crippen molar-refractivity contribution in [1.82, 2.24) is 10.6 Å². The van der Waals surface area contributed by atoms with Gasteiger partial charge in [0.05, 0.1) is 0 Å². The van der Waals surface area contributed by atoms with Crippen molar-refractivity contribution in [2.24, 2.45) is 23.7 Å². The van der Waals surface area contributed by atoms with Crippen molar-refractivity contribution in [3.8, 4) is 0 Å². The van der Waals surface area contributed by atoms with Crippen LogP contribution in [0.15, 0.2) is 0 Å². The Morgan fingerprint density at radius 1 is 0.667 bits per heavy atom. The fraction of sp³-hybridized carbons (Fsp3) is 1.00. The van der Waals surface area contributed by atoms with E-state index in [9.17, 15) is 0 Å². The van der Waals surface area contributed by atoms with Gasteiger partial charge in [-0.1, -0.05) is 39.0 Å². The molecule has 0 spiro atoms. The molecule has 2 nitrogen and oxygen atoms in total. The molecule has 0 heterocycles. The number of rotatable bonds is 11. The van der Waals surface area contributed by atoms with E-state index in [1.54, 1.807) is 6.42 Å². The summed E-state index contributed by atoms with van der Waals surface area (Å²) in [7, 11) is 0. The third-order valence-electron chi connectivity index (χ3n) is 6.62. The molecule has 0 amide bonds. The van der Waals surface area contributed by atoms with Gasteiger partial charge in [0.2, 0.25) is 0 Å². The summed E-state index contributed by atoms with van der Waals surface area (Å²) in [6, 6.07) is 0.864. The average Bonchev–Trinajstić information content (AvgIpc) is 2.50. The predicted octanol–water partition coefficient (Wildman–Crippen LogP) is 5.19. The van der Waals surface area contributed by atoms with Gasteiger partial charge in [0, 0.05) is 19.1 Å². The average molecular weight is 379 g/mol. The first-order chi connectivity index (χ1) is 10.9. The molecule has 4 fully saturated rings. The van der Waals surface area contributed by atoms with E-state index in [0.29, 0.717) is 0 Å². The van der Waals surface area contributed by atoms with E-state index in [0.717, 1.165) is 36.3 Å². The van der Waals surface area contributed by atoms with Crippen LogP contribution < -0.4 is 10.6 Å². The Labute approximate surface area is 162 Å². The molecule has 4 aliphatic carbocycles. The zero-order chi connectivity index (χ0) is 15.2. The Morgan fingerprint density at radius 3 is 1.88 bits per heavy atom. The second-order valence-electron chi connectivity index (χ2n) is 8.43. The van der Waals surface area contributed by atoms with Gasteiger partial charge in [0.1, 0.15) is 0 Å². The molecule has 0 unspecified atom stereocenters. The van der Waals surface area contributed by atoms with Crippen LogP contribution in [-0.4, -0.2) is 25.7 Å². The molecule has 24 heavy (non-hydrogen) atoms. The zero-order valence-electron chi connectivity index (χ0n) is 15.6. The topological polar surface area (TPSA) is 24.1 Å². The van der Waals surface area contributed by atoms with Gasteiger partial charge >= 0.3 is 0 Å². The fourth-order valence-electron chi connectivity index (χ4n) is 5.74. The third-order valence-corrected chi connectivity index (χ3v) is 6.62. The van der Waals surface area contributed by atoms with Gasteiger partial charge in [-0.05, 0) is 68.7 Å². The number of unbranched alkanes of at least 4 members (excludes halogenated alkanes) is 5. The van der Waals surface area contributed by atoms with Crippen LogP contribution in [0, 0.1) is 23.7 Å². The molecule has 4 rings (SSSR count). The van der Waals surface area contributed by atoms with Gasteiger partial charge in [0.25, 0.3) is 0 Å². The van der Waals surface area contributed by atoms with Crippen molar-refractivity contribution in [2.75, 3.05) is 19.6 Å². The molecule has 0 saturated heterocycles. The normalized spacial score (nSPS) is 33.1. The van der Waals surface area contributed by atoms with Gasteiger partial charge in [-0.3, -0.25) is 0 Å². The lowest BCUT2D eigenvalue weighted by molar-refractivity contribution is -0.0133. The molecule has 4 heteroatoms. The van der Waals surface area contributed by atoms with Crippen LogP contribution in [0.5, 0.6) is 0 Å². The van der Waals surface area contributed by atoms with Crippen molar-refractivity contribution >= 4 is 24.8 Å². The molecule has 0 aromatic rings. The molecule has 0 aromatic carbocycles. The Balaban J connectivity index is 0.00000144. The van der Waals surface area contributed by atoms with E-state index in [1.807, 2.05) is 0 Å². The highest BCUT2D eigenvalue weighted by Crippen LogP contribution is 2.53. The number of halogens is 2. The zero-order valence-corrected chi connectivity index (χ0v) is 17.2. The van der Waals surface area contributed by atoms with E-state index < -0.39 is 0 Å². The predicted molar refractivity (Wildman–Crippen MR) is 110 cm³/mol. The maximum absolute atomic E-state index is 3.92. The second kappa shape index (κ2) is 12.0. The molecule has 0 aliphatic heterocycles. The molecule has 0 radical (unpaired) electrons. The molecule has 144 valence electrons. The molecule has 0 aromatic heterocycles. The van der Waals surface area contributed by atoms with Crippen molar-refractivity contribution < 1.29 is 0 Å². The maximum Gasteiger partial charge on any atom is 0.0124 e. The number of nitrogens with one attached hydrogen (secondary N) is 2. The summed E-state index contributed by atoms with van der Waals surface area (Å²) in [5, 5.41) is 7.56. The largest absolute Gasteiger partial charge is 0.315 e. The molecule has 2 N–H and O–H groups in total.